The smallest absolute Gasteiger partial charge is 0.407 e. The molecule has 0 radical (unpaired) electrons. The first kappa shape index (κ1) is 23.2. The lowest BCUT2D eigenvalue weighted by molar-refractivity contribution is -0.171. The van der Waals surface area contributed by atoms with Crippen LogP contribution in [0.1, 0.15) is 44.2 Å². The van der Waals surface area contributed by atoms with Gasteiger partial charge in [0.15, 0.2) is 0 Å². The van der Waals surface area contributed by atoms with Crippen LogP contribution < -0.4 is 5.32 Å². The molecule has 9 heteroatoms. The molecule has 2 aliphatic rings. The van der Waals surface area contributed by atoms with Crippen LogP contribution in [0, 0.1) is 0 Å². The highest BCUT2D eigenvalue weighted by atomic mass is 19.1. The maximum absolute atomic E-state index is 13.2. The molecule has 0 saturated carbocycles. The summed E-state index contributed by atoms with van der Waals surface area (Å²) in [4.78, 5) is 55.0. The van der Waals surface area contributed by atoms with Crippen LogP contribution in [0.25, 0.3) is 11.1 Å². The minimum Gasteiger partial charge on any atom is -0.449 e. The second-order valence-corrected chi connectivity index (χ2v) is 8.36. The molecule has 3 aromatic carbocycles. The highest BCUT2D eigenvalue weighted by molar-refractivity contribution is 6.20. The molecule has 1 aliphatic carbocycles. The molecule has 3 amide bonds. The number of alkyl carbamates (subject to hydrolysis) is 1. The number of carbonyl (C=O) groups is 4. The van der Waals surface area contributed by atoms with Crippen LogP contribution >= 0.6 is 0 Å². The Labute approximate surface area is 205 Å². The van der Waals surface area contributed by atoms with E-state index in [1.54, 1.807) is 12.1 Å². The largest absolute Gasteiger partial charge is 0.449 e. The summed E-state index contributed by atoms with van der Waals surface area (Å²) in [5, 5.41) is 2.61. The van der Waals surface area contributed by atoms with E-state index in [1.807, 2.05) is 48.5 Å². The van der Waals surface area contributed by atoms with E-state index in [-0.39, 0.29) is 23.7 Å². The van der Waals surface area contributed by atoms with Gasteiger partial charge in [0.25, 0.3) is 11.8 Å². The Morgan fingerprint density at radius 1 is 0.833 bits per heavy atom. The minimum atomic E-state index is -1.46. The van der Waals surface area contributed by atoms with E-state index in [1.165, 1.54) is 12.1 Å². The molecule has 1 N–H and O–H groups in total. The van der Waals surface area contributed by atoms with E-state index in [0.717, 1.165) is 22.3 Å². The Kier molecular flexibility index (Phi) is 6.20. The van der Waals surface area contributed by atoms with Gasteiger partial charge in [0.1, 0.15) is 12.6 Å². The molecule has 0 saturated heterocycles. The van der Waals surface area contributed by atoms with Crippen molar-refractivity contribution in [1.29, 1.82) is 0 Å². The zero-order chi connectivity index (χ0) is 25.2. The summed E-state index contributed by atoms with van der Waals surface area (Å²) in [5.74, 6) is -2.99. The van der Waals surface area contributed by atoms with Gasteiger partial charge >= 0.3 is 12.1 Å². The van der Waals surface area contributed by atoms with Gasteiger partial charge in [-0.05, 0) is 34.4 Å². The van der Waals surface area contributed by atoms with Crippen molar-refractivity contribution in [2.24, 2.45) is 0 Å². The van der Waals surface area contributed by atoms with Crippen molar-refractivity contribution in [2.75, 3.05) is 13.3 Å². The number of benzene rings is 3. The second kappa shape index (κ2) is 9.61. The summed E-state index contributed by atoms with van der Waals surface area (Å²) in [5.41, 5.74) is 4.31. The SMILES string of the molecule is O=C(NC(CCF)C(=O)ON1C(=O)c2ccccc2C1=O)OCC1c2ccccc2-c2ccccc21. The summed E-state index contributed by atoms with van der Waals surface area (Å²) in [6, 6.07) is 20.2. The zero-order valence-electron chi connectivity index (χ0n) is 19.0. The lowest BCUT2D eigenvalue weighted by Gasteiger charge is -2.20. The number of fused-ring (bicyclic) bond motifs is 4. The fourth-order valence-electron chi connectivity index (χ4n) is 4.54. The molecule has 0 aromatic heterocycles. The quantitative estimate of drug-likeness (QED) is 0.505. The summed E-state index contributed by atoms with van der Waals surface area (Å²) in [7, 11) is 0. The van der Waals surface area contributed by atoms with E-state index in [9.17, 15) is 23.6 Å². The van der Waals surface area contributed by atoms with Crippen molar-refractivity contribution in [3.8, 4) is 11.1 Å². The van der Waals surface area contributed by atoms with Crippen LogP contribution in [0.2, 0.25) is 0 Å². The molecule has 1 atom stereocenters. The van der Waals surface area contributed by atoms with E-state index >= 15 is 0 Å². The lowest BCUT2D eigenvalue weighted by atomic mass is 9.98. The lowest BCUT2D eigenvalue weighted by Crippen LogP contribution is -2.46. The van der Waals surface area contributed by atoms with Crippen LogP contribution in [0.4, 0.5) is 9.18 Å². The molecule has 1 unspecified atom stereocenters. The van der Waals surface area contributed by atoms with Gasteiger partial charge in [0.05, 0.1) is 17.8 Å². The normalized spacial score (nSPS) is 14.6. The fourth-order valence-corrected chi connectivity index (χ4v) is 4.54. The Bertz CT molecular complexity index is 1290. The van der Waals surface area contributed by atoms with Crippen LogP contribution in [0.5, 0.6) is 0 Å². The third kappa shape index (κ3) is 4.08. The fraction of sp³-hybridized carbons (Fsp3) is 0.185. The van der Waals surface area contributed by atoms with Crippen LogP contribution in [-0.4, -0.2) is 48.3 Å². The Morgan fingerprint density at radius 3 is 1.86 bits per heavy atom. The minimum absolute atomic E-state index is 0.00431. The van der Waals surface area contributed by atoms with E-state index in [0.29, 0.717) is 5.06 Å². The first-order chi connectivity index (χ1) is 17.5. The molecule has 8 nitrogen and oxygen atoms in total. The third-order valence-electron chi connectivity index (χ3n) is 6.26. The summed E-state index contributed by atoms with van der Waals surface area (Å²) < 4.78 is 18.6. The first-order valence-electron chi connectivity index (χ1n) is 11.4. The van der Waals surface area contributed by atoms with Crippen molar-refractivity contribution in [3.63, 3.8) is 0 Å². The van der Waals surface area contributed by atoms with Gasteiger partial charge in [0, 0.05) is 12.3 Å². The Hall–Kier alpha value is -4.53. The van der Waals surface area contributed by atoms with Crippen LogP contribution in [0.15, 0.2) is 72.8 Å². The molecule has 3 aromatic rings. The Balaban J connectivity index is 1.24. The van der Waals surface area contributed by atoms with Gasteiger partial charge in [0.2, 0.25) is 0 Å². The molecular formula is C27H21FN2O6. The van der Waals surface area contributed by atoms with Gasteiger partial charge < -0.3 is 14.9 Å². The molecule has 1 aliphatic heterocycles. The van der Waals surface area contributed by atoms with Crippen molar-refractivity contribution in [3.05, 3.63) is 95.1 Å². The maximum atomic E-state index is 13.2. The summed E-state index contributed by atoms with van der Waals surface area (Å²) >= 11 is 0. The molecule has 36 heavy (non-hydrogen) atoms. The molecule has 0 bridgehead atoms. The number of ether oxygens (including phenoxy) is 1. The Morgan fingerprint density at radius 2 is 1.33 bits per heavy atom. The van der Waals surface area contributed by atoms with Gasteiger partial charge in [-0.25, -0.2) is 9.59 Å². The number of amides is 3. The molecule has 0 fully saturated rings. The molecule has 5 rings (SSSR count). The molecule has 0 spiro atoms. The highest BCUT2D eigenvalue weighted by Gasteiger charge is 2.40. The van der Waals surface area contributed by atoms with Crippen LogP contribution in [0.3, 0.4) is 0 Å². The average Bonchev–Trinajstić information content (AvgIpc) is 3.34. The molecule has 1 heterocycles. The molecule has 182 valence electrons. The number of hydroxylamine groups is 2. The standard InChI is InChI=1S/C27H21FN2O6/c28-14-13-23(26(33)36-30-24(31)20-11-5-6-12-21(20)25(30)32)29-27(34)35-15-22-18-9-3-1-7-16(18)17-8-2-4-10-19(17)22/h1-12,22-23H,13-15H2,(H,29,34). The van der Waals surface area contributed by atoms with Crippen LogP contribution in [-0.2, 0) is 14.4 Å². The summed E-state index contributed by atoms with van der Waals surface area (Å²) in [6.45, 7) is -0.957. The van der Waals surface area contributed by atoms with Gasteiger partial charge in [-0.1, -0.05) is 65.7 Å². The number of nitrogens with zero attached hydrogens (tertiary/aromatic N) is 1. The highest BCUT2D eigenvalue weighted by Crippen LogP contribution is 2.44. The number of imide groups is 1. The van der Waals surface area contributed by atoms with Crippen molar-refractivity contribution < 1.29 is 33.1 Å². The first-order valence-corrected chi connectivity index (χ1v) is 11.4. The topological polar surface area (TPSA) is 102 Å². The number of halogens is 1. The predicted octanol–water partition coefficient (Wildman–Crippen LogP) is 4.01. The van der Waals surface area contributed by atoms with Gasteiger partial charge in [-0.15, -0.1) is 0 Å². The number of alkyl halides is 1. The number of hydrogen-bond acceptors (Lipinski definition) is 6. The van der Waals surface area contributed by atoms with E-state index in [4.69, 9.17) is 9.57 Å². The molecular weight excluding hydrogens is 467 g/mol. The number of rotatable bonds is 7. The maximum Gasteiger partial charge on any atom is 0.407 e. The van der Waals surface area contributed by atoms with E-state index in [2.05, 4.69) is 5.32 Å². The third-order valence-corrected chi connectivity index (χ3v) is 6.26. The number of nitrogens with one attached hydrogen (secondary N) is 1. The second-order valence-electron chi connectivity index (χ2n) is 8.36. The summed E-state index contributed by atoms with van der Waals surface area (Å²) in [6.07, 6.45) is -1.37. The van der Waals surface area contributed by atoms with E-state index < -0.39 is 43.0 Å². The zero-order valence-corrected chi connectivity index (χ0v) is 19.0. The number of hydrogen-bond donors (Lipinski definition) is 1. The number of carbonyl (C=O) groups excluding carboxylic acids is 4. The van der Waals surface area contributed by atoms with Crippen molar-refractivity contribution in [1.82, 2.24) is 10.4 Å². The monoisotopic (exact) mass is 488 g/mol. The van der Waals surface area contributed by atoms with Crippen molar-refractivity contribution >= 4 is 23.9 Å². The predicted molar refractivity (Wildman–Crippen MR) is 126 cm³/mol. The van der Waals surface area contributed by atoms with Crippen molar-refractivity contribution in [2.45, 2.75) is 18.4 Å². The average molecular weight is 488 g/mol. The van der Waals surface area contributed by atoms with Gasteiger partial charge in [-0.3, -0.25) is 14.0 Å². The van der Waals surface area contributed by atoms with Gasteiger partial charge in [-0.2, -0.15) is 0 Å².